The van der Waals surface area contributed by atoms with Gasteiger partial charge in [0.2, 0.25) is 0 Å². The van der Waals surface area contributed by atoms with Crippen LogP contribution in [0.4, 0.5) is 5.69 Å². The van der Waals surface area contributed by atoms with Crippen LogP contribution in [-0.2, 0) is 6.54 Å². The van der Waals surface area contributed by atoms with Gasteiger partial charge in [0.15, 0.2) is 5.82 Å². The number of fused-ring (bicyclic) bond motifs is 1. The van der Waals surface area contributed by atoms with Crippen molar-refractivity contribution in [2.75, 3.05) is 17.7 Å². The standard InChI is InChI=1S/C21H22N4S/c1-3-15-13-25(17-7-9-18(26-2)10-8-17)14-16-12-23-21(24-20(15)16)19-6-4-5-11-22-19/h4-12,15H,3,13-14H2,1-2H3. The zero-order valence-corrected chi connectivity index (χ0v) is 15.9. The lowest BCUT2D eigenvalue weighted by atomic mass is 9.93. The van der Waals surface area contributed by atoms with Crippen LogP contribution in [0.2, 0.25) is 0 Å². The van der Waals surface area contributed by atoms with Gasteiger partial charge < -0.3 is 4.90 Å². The average molecular weight is 363 g/mol. The summed E-state index contributed by atoms with van der Waals surface area (Å²) >= 11 is 1.77. The number of aromatic nitrogens is 3. The Labute approximate surface area is 158 Å². The number of rotatable bonds is 4. The van der Waals surface area contributed by atoms with Gasteiger partial charge in [-0.2, -0.15) is 0 Å². The number of benzene rings is 1. The number of hydrogen-bond acceptors (Lipinski definition) is 5. The molecule has 0 spiro atoms. The summed E-state index contributed by atoms with van der Waals surface area (Å²) in [6, 6.07) is 14.7. The van der Waals surface area contributed by atoms with Crippen molar-refractivity contribution in [3.8, 4) is 11.5 Å². The number of pyridine rings is 1. The zero-order valence-electron chi connectivity index (χ0n) is 15.1. The Bertz CT molecular complexity index is 880. The van der Waals surface area contributed by atoms with Gasteiger partial charge in [-0.15, -0.1) is 11.8 Å². The predicted molar refractivity (Wildman–Crippen MR) is 108 cm³/mol. The Morgan fingerprint density at radius 3 is 2.65 bits per heavy atom. The largest absolute Gasteiger partial charge is 0.366 e. The van der Waals surface area contributed by atoms with E-state index in [0.29, 0.717) is 5.92 Å². The molecule has 3 heterocycles. The molecular weight excluding hydrogens is 340 g/mol. The van der Waals surface area contributed by atoms with Crippen LogP contribution < -0.4 is 4.90 Å². The maximum atomic E-state index is 4.89. The zero-order chi connectivity index (χ0) is 17.9. The molecule has 26 heavy (non-hydrogen) atoms. The lowest BCUT2D eigenvalue weighted by molar-refractivity contribution is 0.566. The Hall–Kier alpha value is -2.40. The highest BCUT2D eigenvalue weighted by Crippen LogP contribution is 2.33. The number of anilines is 1. The van der Waals surface area contributed by atoms with E-state index < -0.39 is 0 Å². The van der Waals surface area contributed by atoms with E-state index in [1.54, 1.807) is 18.0 Å². The molecule has 132 valence electrons. The molecule has 2 aromatic heterocycles. The molecule has 0 aliphatic carbocycles. The quantitative estimate of drug-likeness (QED) is 0.625. The first-order valence-electron chi connectivity index (χ1n) is 8.94. The van der Waals surface area contributed by atoms with Crippen LogP contribution in [0.1, 0.15) is 30.5 Å². The maximum absolute atomic E-state index is 4.89. The second kappa shape index (κ2) is 7.46. The summed E-state index contributed by atoms with van der Waals surface area (Å²) in [5.74, 6) is 1.13. The Kier molecular flexibility index (Phi) is 4.89. The third kappa shape index (κ3) is 3.31. The Morgan fingerprint density at radius 2 is 1.96 bits per heavy atom. The van der Waals surface area contributed by atoms with Crippen LogP contribution in [-0.4, -0.2) is 27.8 Å². The first-order chi connectivity index (χ1) is 12.8. The molecule has 1 aliphatic heterocycles. The second-order valence-electron chi connectivity index (χ2n) is 6.50. The number of hydrogen-bond donors (Lipinski definition) is 0. The van der Waals surface area contributed by atoms with Crippen LogP contribution in [0.15, 0.2) is 59.8 Å². The molecule has 4 rings (SSSR count). The summed E-state index contributed by atoms with van der Waals surface area (Å²) in [5, 5.41) is 0. The van der Waals surface area contributed by atoms with Gasteiger partial charge >= 0.3 is 0 Å². The molecule has 0 saturated heterocycles. The molecule has 5 heteroatoms. The van der Waals surface area contributed by atoms with Gasteiger partial charge in [-0.25, -0.2) is 9.97 Å². The highest BCUT2D eigenvalue weighted by atomic mass is 32.2. The molecule has 4 nitrogen and oxygen atoms in total. The van der Waals surface area contributed by atoms with Crippen LogP contribution in [0.5, 0.6) is 0 Å². The summed E-state index contributed by atoms with van der Waals surface area (Å²) in [6.07, 6.45) is 6.94. The topological polar surface area (TPSA) is 41.9 Å². The van der Waals surface area contributed by atoms with E-state index >= 15 is 0 Å². The highest BCUT2D eigenvalue weighted by Gasteiger charge is 2.27. The lowest BCUT2D eigenvalue weighted by Gasteiger charge is -2.35. The summed E-state index contributed by atoms with van der Waals surface area (Å²) in [4.78, 5) is 17.6. The van der Waals surface area contributed by atoms with Gasteiger partial charge in [0.1, 0.15) is 5.69 Å². The van der Waals surface area contributed by atoms with Crippen LogP contribution >= 0.6 is 11.8 Å². The van der Waals surface area contributed by atoms with Gasteiger partial charge in [-0.1, -0.05) is 13.0 Å². The molecule has 0 fully saturated rings. The van der Waals surface area contributed by atoms with Crippen molar-refractivity contribution in [1.29, 1.82) is 0 Å². The molecule has 3 aromatic rings. The van der Waals surface area contributed by atoms with Crippen LogP contribution in [0.25, 0.3) is 11.5 Å². The maximum Gasteiger partial charge on any atom is 0.178 e. The summed E-state index contributed by atoms with van der Waals surface area (Å²) in [5.41, 5.74) is 4.50. The number of nitrogens with zero attached hydrogens (tertiary/aromatic N) is 4. The molecule has 0 amide bonds. The highest BCUT2D eigenvalue weighted by molar-refractivity contribution is 7.98. The minimum Gasteiger partial charge on any atom is -0.366 e. The Morgan fingerprint density at radius 1 is 1.12 bits per heavy atom. The van der Waals surface area contributed by atoms with Gasteiger partial charge in [0.05, 0.1) is 5.69 Å². The first-order valence-corrected chi connectivity index (χ1v) is 10.2. The molecular formula is C21H22N4S. The lowest BCUT2D eigenvalue weighted by Crippen LogP contribution is -2.34. The molecule has 0 N–H and O–H groups in total. The average Bonchev–Trinajstić information content (AvgIpc) is 2.73. The summed E-state index contributed by atoms with van der Waals surface area (Å²) in [6.45, 7) is 4.07. The molecule has 1 aromatic carbocycles. The van der Waals surface area contributed by atoms with E-state index in [9.17, 15) is 0 Å². The monoisotopic (exact) mass is 362 g/mol. The molecule has 0 bridgehead atoms. The van der Waals surface area contributed by atoms with Gasteiger partial charge in [0, 0.05) is 47.5 Å². The van der Waals surface area contributed by atoms with Crippen LogP contribution in [0.3, 0.4) is 0 Å². The van der Waals surface area contributed by atoms with Crippen LogP contribution in [0, 0.1) is 0 Å². The third-order valence-electron chi connectivity index (χ3n) is 4.91. The van der Waals surface area contributed by atoms with Crippen molar-refractivity contribution in [3.05, 3.63) is 66.1 Å². The third-order valence-corrected chi connectivity index (χ3v) is 5.65. The SMILES string of the molecule is CCC1CN(c2ccc(SC)cc2)Cc2cnc(-c3ccccn3)nc21. The minimum atomic E-state index is 0.407. The van der Waals surface area contributed by atoms with E-state index in [2.05, 4.69) is 52.3 Å². The number of thioether (sulfide) groups is 1. The molecule has 0 radical (unpaired) electrons. The fourth-order valence-corrected chi connectivity index (χ4v) is 3.86. The van der Waals surface area contributed by atoms with Gasteiger partial charge in [-0.3, -0.25) is 4.98 Å². The summed E-state index contributed by atoms with van der Waals surface area (Å²) in [7, 11) is 0. The van der Waals surface area contributed by atoms with Crippen molar-refractivity contribution in [2.45, 2.75) is 30.7 Å². The Balaban J connectivity index is 1.65. The van der Waals surface area contributed by atoms with Crippen molar-refractivity contribution in [1.82, 2.24) is 15.0 Å². The predicted octanol–water partition coefficient (Wildman–Crippen LogP) is 4.77. The summed E-state index contributed by atoms with van der Waals surface area (Å²) < 4.78 is 0. The smallest absolute Gasteiger partial charge is 0.178 e. The molecule has 1 aliphatic rings. The van der Waals surface area contributed by atoms with E-state index in [1.807, 2.05) is 24.4 Å². The second-order valence-corrected chi connectivity index (χ2v) is 7.38. The fraction of sp³-hybridized carbons (Fsp3) is 0.286. The van der Waals surface area contributed by atoms with E-state index in [0.717, 1.165) is 31.0 Å². The normalized spacial score (nSPS) is 16.4. The molecule has 1 atom stereocenters. The van der Waals surface area contributed by atoms with E-state index in [-0.39, 0.29) is 0 Å². The van der Waals surface area contributed by atoms with Crippen molar-refractivity contribution in [2.24, 2.45) is 0 Å². The van der Waals surface area contributed by atoms with Gasteiger partial charge in [0.25, 0.3) is 0 Å². The van der Waals surface area contributed by atoms with E-state index in [4.69, 9.17) is 4.98 Å². The van der Waals surface area contributed by atoms with Gasteiger partial charge in [-0.05, 0) is 49.1 Å². The minimum absolute atomic E-state index is 0.407. The molecule has 0 saturated carbocycles. The van der Waals surface area contributed by atoms with E-state index in [1.165, 1.54) is 21.8 Å². The van der Waals surface area contributed by atoms with Crippen molar-refractivity contribution >= 4 is 17.4 Å². The first kappa shape index (κ1) is 17.0. The fourth-order valence-electron chi connectivity index (χ4n) is 3.45. The molecule has 1 unspecified atom stereocenters. The van der Waals surface area contributed by atoms with Crippen molar-refractivity contribution in [3.63, 3.8) is 0 Å². The van der Waals surface area contributed by atoms with Crippen molar-refractivity contribution < 1.29 is 0 Å².